The number of imide groups is 1. The predicted molar refractivity (Wildman–Crippen MR) is 81.4 cm³/mol. The van der Waals surface area contributed by atoms with Gasteiger partial charge in [-0.25, -0.2) is 4.79 Å². The van der Waals surface area contributed by atoms with Gasteiger partial charge >= 0.3 is 12.0 Å². The Morgan fingerprint density at radius 3 is 2.41 bits per heavy atom. The lowest BCUT2D eigenvalue weighted by Crippen LogP contribution is -2.60. The molecule has 22 heavy (non-hydrogen) atoms. The molecule has 0 bridgehead atoms. The highest BCUT2D eigenvalue weighted by atomic mass is 16.4. The molecule has 2 unspecified atom stereocenters. The molecule has 5 nitrogen and oxygen atoms in total. The third kappa shape index (κ3) is 2.81. The van der Waals surface area contributed by atoms with Gasteiger partial charge in [-0.3, -0.25) is 4.79 Å². The molecule has 1 saturated heterocycles. The van der Waals surface area contributed by atoms with E-state index in [9.17, 15) is 19.5 Å². The van der Waals surface area contributed by atoms with E-state index in [4.69, 9.17) is 0 Å². The van der Waals surface area contributed by atoms with E-state index in [1.54, 1.807) is 38.1 Å². The first-order chi connectivity index (χ1) is 10.4. The van der Waals surface area contributed by atoms with Crippen LogP contribution in [0.1, 0.15) is 43.5 Å². The van der Waals surface area contributed by atoms with Crippen LogP contribution in [-0.2, 0) is 4.79 Å². The van der Waals surface area contributed by atoms with Crippen molar-refractivity contribution in [1.82, 2.24) is 0 Å². The van der Waals surface area contributed by atoms with Gasteiger partial charge in [-0.15, -0.1) is 0 Å². The Morgan fingerprint density at radius 2 is 1.91 bits per heavy atom. The summed E-state index contributed by atoms with van der Waals surface area (Å²) >= 11 is 0. The van der Waals surface area contributed by atoms with Gasteiger partial charge in [-0.05, 0) is 13.8 Å². The van der Waals surface area contributed by atoms with Crippen molar-refractivity contribution >= 4 is 17.8 Å². The Bertz CT molecular complexity index is 584. The second-order valence-corrected chi connectivity index (χ2v) is 6.10. The standard InChI is InChI=1S/C17H21NO4/c1-12(11-15(19)14-8-4-3-5-9-14)16(20)18(17(21)22)10-6-7-13(18)2/h3-5,8-9,12-13H,6-7,10-11H2,1-2H3/p+1/t12?,13-,18?/m1/s1. The fourth-order valence-corrected chi connectivity index (χ4v) is 3.28. The molecular weight excluding hydrogens is 282 g/mol. The summed E-state index contributed by atoms with van der Waals surface area (Å²) < 4.78 is -0.538. The first-order valence-corrected chi connectivity index (χ1v) is 7.63. The molecule has 3 atom stereocenters. The number of carbonyl (C=O) groups is 3. The highest BCUT2D eigenvalue weighted by molar-refractivity contribution is 5.98. The lowest BCUT2D eigenvalue weighted by Gasteiger charge is -2.31. The minimum atomic E-state index is -1.10. The zero-order valence-corrected chi connectivity index (χ0v) is 13.0. The molecule has 1 aromatic rings. The largest absolute Gasteiger partial charge is 0.521 e. The topological polar surface area (TPSA) is 71.4 Å². The second kappa shape index (κ2) is 6.40. The summed E-state index contributed by atoms with van der Waals surface area (Å²) in [5.41, 5.74) is 0.554. The van der Waals surface area contributed by atoms with Gasteiger partial charge in [-0.2, -0.15) is 9.28 Å². The number of carboxylic acid groups (broad SMARTS) is 1. The van der Waals surface area contributed by atoms with Crippen LogP contribution in [0.4, 0.5) is 4.79 Å². The molecule has 1 aliphatic heterocycles. The van der Waals surface area contributed by atoms with Crippen LogP contribution in [0.3, 0.4) is 0 Å². The monoisotopic (exact) mass is 304 g/mol. The van der Waals surface area contributed by atoms with Crippen molar-refractivity contribution in [2.75, 3.05) is 6.54 Å². The van der Waals surface area contributed by atoms with E-state index in [0.717, 1.165) is 12.8 Å². The molecule has 1 heterocycles. The average Bonchev–Trinajstić information content (AvgIpc) is 2.90. The maximum Gasteiger partial charge on any atom is 0.521 e. The van der Waals surface area contributed by atoms with Gasteiger partial charge in [0.05, 0.1) is 12.5 Å². The molecule has 0 aliphatic carbocycles. The van der Waals surface area contributed by atoms with Crippen LogP contribution in [0, 0.1) is 5.92 Å². The molecule has 2 rings (SSSR count). The number of likely N-dealkylation sites (tertiary alicyclic amines) is 1. The summed E-state index contributed by atoms with van der Waals surface area (Å²) in [7, 11) is 0. The molecule has 1 aliphatic rings. The third-order valence-electron chi connectivity index (χ3n) is 4.63. The van der Waals surface area contributed by atoms with Gasteiger partial charge in [0, 0.05) is 24.8 Å². The molecule has 1 fully saturated rings. The number of carbonyl (C=O) groups excluding carboxylic acids is 2. The summed E-state index contributed by atoms with van der Waals surface area (Å²) in [5, 5.41) is 9.57. The van der Waals surface area contributed by atoms with Crippen LogP contribution >= 0.6 is 0 Å². The van der Waals surface area contributed by atoms with E-state index in [-0.39, 0.29) is 24.2 Å². The fourth-order valence-electron chi connectivity index (χ4n) is 3.28. The molecule has 0 saturated carbocycles. The van der Waals surface area contributed by atoms with Crippen LogP contribution in [-0.4, -0.2) is 40.0 Å². The van der Waals surface area contributed by atoms with Gasteiger partial charge in [0.25, 0.3) is 0 Å². The van der Waals surface area contributed by atoms with Gasteiger partial charge in [-0.1, -0.05) is 30.3 Å². The first kappa shape index (κ1) is 16.4. The Labute approximate surface area is 130 Å². The number of hydrogen-bond acceptors (Lipinski definition) is 3. The van der Waals surface area contributed by atoms with E-state index in [1.807, 2.05) is 6.07 Å². The van der Waals surface area contributed by atoms with Crippen molar-refractivity contribution < 1.29 is 24.0 Å². The molecule has 1 aromatic carbocycles. The van der Waals surface area contributed by atoms with Gasteiger partial charge < -0.3 is 5.11 Å². The lowest BCUT2D eigenvalue weighted by atomic mass is 9.97. The number of rotatable bonds is 4. The maximum absolute atomic E-state index is 12.7. The first-order valence-electron chi connectivity index (χ1n) is 7.63. The Kier molecular flexibility index (Phi) is 4.76. The van der Waals surface area contributed by atoms with E-state index >= 15 is 0 Å². The predicted octanol–water partition coefficient (Wildman–Crippen LogP) is 3.10. The number of benzene rings is 1. The number of hydrogen-bond donors (Lipinski definition) is 1. The zero-order valence-electron chi connectivity index (χ0n) is 13.0. The average molecular weight is 304 g/mol. The minimum Gasteiger partial charge on any atom is -0.435 e. The normalized spacial score (nSPS) is 25.6. The number of amides is 2. The van der Waals surface area contributed by atoms with Gasteiger partial charge in [0.15, 0.2) is 5.78 Å². The van der Waals surface area contributed by atoms with Crippen molar-refractivity contribution in [2.24, 2.45) is 5.92 Å². The zero-order chi connectivity index (χ0) is 16.3. The molecule has 2 amide bonds. The Hall–Kier alpha value is -2.01. The summed E-state index contributed by atoms with van der Waals surface area (Å²) in [6.45, 7) is 3.76. The Morgan fingerprint density at radius 1 is 1.27 bits per heavy atom. The SMILES string of the molecule is CC(CC(=O)c1ccccc1)C(=O)[N+]1(C(=O)O)CCC[C@H]1C. The molecule has 0 aromatic heterocycles. The quantitative estimate of drug-likeness (QED) is 0.685. The van der Waals surface area contributed by atoms with Crippen molar-refractivity contribution in [3.05, 3.63) is 35.9 Å². The summed E-state index contributed by atoms with van der Waals surface area (Å²) in [6, 6.07) is 8.54. The van der Waals surface area contributed by atoms with Crippen molar-refractivity contribution in [2.45, 2.75) is 39.2 Å². The summed E-state index contributed by atoms with van der Waals surface area (Å²) in [4.78, 5) is 36.7. The van der Waals surface area contributed by atoms with Crippen LogP contribution in [0.15, 0.2) is 30.3 Å². The molecule has 5 heteroatoms. The van der Waals surface area contributed by atoms with Gasteiger partial charge in [0.1, 0.15) is 6.04 Å². The fraction of sp³-hybridized carbons (Fsp3) is 0.471. The van der Waals surface area contributed by atoms with Crippen molar-refractivity contribution in [1.29, 1.82) is 0 Å². The van der Waals surface area contributed by atoms with E-state index in [2.05, 4.69) is 0 Å². The van der Waals surface area contributed by atoms with Gasteiger partial charge in [0.2, 0.25) is 0 Å². The smallest absolute Gasteiger partial charge is 0.435 e. The second-order valence-electron chi connectivity index (χ2n) is 6.10. The molecular formula is C17H22NO4+. The molecule has 0 radical (unpaired) electrons. The highest BCUT2D eigenvalue weighted by Crippen LogP contribution is 2.31. The van der Waals surface area contributed by atoms with E-state index < -0.39 is 16.5 Å². The van der Waals surface area contributed by atoms with Crippen molar-refractivity contribution in [3.8, 4) is 0 Å². The number of nitrogens with zero attached hydrogens (tertiary/aromatic N) is 1. The molecule has 1 N–H and O–H groups in total. The maximum atomic E-state index is 12.7. The van der Waals surface area contributed by atoms with Crippen LogP contribution in [0.2, 0.25) is 0 Å². The minimum absolute atomic E-state index is 0.0445. The lowest BCUT2D eigenvalue weighted by molar-refractivity contribution is -0.794. The summed E-state index contributed by atoms with van der Waals surface area (Å²) in [6.07, 6.45) is 0.382. The summed E-state index contributed by atoms with van der Waals surface area (Å²) in [5.74, 6) is -1.09. The van der Waals surface area contributed by atoms with Crippen LogP contribution in [0.25, 0.3) is 0 Å². The molecule has 0 spiro atoms. The molecule has 118 valence electrons. The number of ketones is 1. The third-order valence-corrected chi connectivity index (χ3v) is 4.63. The number of Topliss-reactive ketones (excluding diaryl/α,β-unsaturated/α-hetero) is 1. The van der Waals surface area contributed by atoms with E-state index in [1.165, 1.54) is 0 Å². The van der Waals surface area contributed by atoms with Crippen LogP contribution in [0.5, 0.6) is 0 Å². The number of quaternary nitrogens is 1. The van der Waals surface area contributed by atoms with Crippen molar-refractivity contribution in [3.63, 3.8) is 0 Å². The van der Waals surface area contributed by atoms with Crippen LogP contribution < -0.4 is 0 Å². The van der Waals surface area contributed by atoms with E-state index in [0.29, 0.717) is 12.1 Å². The Balaban J connectivity index is 2.15. The highest BCUT2D eigenvalue weighted by Gasteiger charge is 2.54.